The van der Waals surface area contributed by atoms with Gasteiger partial charge in [0.15, 0.2) is 0 Å². The molecule has 0 aromatic carbocycles. The van der Waals surface area contributed by atoms with Gasteiger partial charge in [0.05, 0.1) is 19.3 Å². The maximum atomic E-state index is 11.9. The third kappa shape index (κ3) is 2.32. The second kappa shape index (κ2) is 3.43. The molecule has 1 saturated carbocycles. The van der Waals surface area contributed by atoms with Gasteiger partial charge in [0.2, 0.25) is 0 Å². The van der Waals surface area contributed by atoms with Crippen LogP contribution in [0, 0.1) is 17.0 Å². The lowest BCUT2D eigenvalue weighted by atomic mass is 9.92. The van der Waals surface area contributed by atoms with Crippen molar-refractivity contribution < 1.29 is 4.65 Å². The normalized spacial score (nSPS) is 40.2. The molecule has 0 radical (unpaired) electrons. The van der Waals surface area contributed by atoms with E-state index in [0.29, 0.717) is 5.92 Å². The molecule has 1 aliphatic heterocycles. The Labute approximate surface area is 80.4 Å². The van der Waals surface area contributed by atoms with Crippen molar-refractivity contribution in [2.75, 3.05) is 13.1 Å². The van der Waals surface area contributed by atoms with Crippen LogP contribution in [0.5, 0.6) is 0 Å². The molecule has 2 unspecified atom stereocenters. The van der Waals surface area contributed by atoms with Crippen LogP contribution in [-0.4, -0.2) is 17.7 Å². The van der Waals surface area contributed by atoms with Crippen molar-refractivity contribution >= 4 is 0 Å². The average Bonchev–Trinajstić information content (AvgIpc) is 2.89. The summed E-state index contributed by atoms with van der Waals surface area (Å²) in [6, 6.07) is 0. The molecule has 0 spiro atoms. The number of quaternary nitrogens is 1. The van der Waals surface area contributed by atoms with E-state index in [1.165, 1.54) is 25.7 Å². The molecule has 0 N–H and O–H groups in total. The molecule has 2 fully saturated rings. The van der Waals surface area contributed by atoms with Crippen molar-refractivity contribution in [3.8, 4) is 0 Å². The molecular weight excluding hydrogens is 162 g/mol. The second-order valence-electron chi connectivity index (χ2n) is 4.73. The fourth-order valence-electron chi connectivity index (χ4n) is 2.45. The number of hydroxylamine groups is 3. The number of nitrogens with zero attached hydrogens (tertiary/aromatic N) is 1. The van der Waals surface area contributed by atoms with E-state index in [1.54, 1.807) is 6.20 Å². The summed E-state index contributed by atoms with van der Waals surface area (Å²) in [6.07, 6.45) is 8.06. The summed E-state index contributed by atoms with van der Waals surface area (Å²) in [6.45, 7) is 5.19. The van der Waals surface area contributed by atoms with Gasteiger partial charge in [0, 0.05) is 5.92 Å². The molecule has 0 aromatic heterocycles. The summed E-state index contributed by atoms with van der Waals surface area (Å²) in [5, 5.41) is 11.9. The predicted octanol–water partition coefficient (Wildman–Crippen LogP) is 2.65. The third-order valence-electron chi connectivity index (χ3n) is 3.41. The van der Waals surface area contributed by atoms with E-state index >= 15 is 0 Å². The maximum Gasteiger partial charge on any atom is 0.0885 e. The summed E-state index contributed by atoms with van der Waals surface area (Å²) in [4.78, 5) is 0. The number of rotatable bonds is 3. The molecule has 2 atom stereocenters. The van der Waals surface area contributed by atoms with E-state index in [9.17, 15) is 5.21 Å². The molecule has 1 heterocycles. The van der Waals surface area contributed by atoms with Crippen molar-refractivity contribution in [1.82, 2.24) is 0 Å². The molecule has 74 valence electrons. The first-order valence-electron chi connectivity index (χ1n) is 5.43. The number of piperidine rings is 1. The summed E-state index contributed by atoms with van der Waals surface area (Å²) >= 11 is 0. The Morgan fingerprint density at radius 2 is 2.08 bits per heavy atom. The van der Waals surface area contributed by atoms with Crippen LogP contribution in [0.2, 0.25) is 0 Å². The highest BCUT2D eigenvalue weighted by molar-refractivity contribution is 4.79. The van der Waals surface area contributed by atoms with Gasteiger partial charge in [-0.2, -0.15) is 0 Å². The zero-order valence-electron chi connectivity index (χ0n) is 8.24. The first kappa shape index (κ1) is 9.22. The number of hydrogen-bond donors (Lipinski definition) is 0. The highest BCUT2D eigenvalue weighted by Crippen LogP contribution is 2.38. The molecule has 2 heteroatoms. The molecule has 2 rings (SSSR count). The van der Waals surface area contributed by atoms with Crippen LogP contribution in [0.15, 0.2) is 12.8 Å². The van der Waals surface area contributed by atoms with E-state index in [1.807, 2.05) is 0 Å². The lowest BCUT2D eigenvalue weighted by molar-refractivity contribution is -0.838. The van der Waals surface area contributed by atoms with Gasteiger partial charge in [-0.1, -0.05) is 12.8 Å². The molecule has 2 aliphatic rings. The van der Waals surface area contributed by atoms with Crippen LogP contribution in [-0.2, 0) is 0 Å². The molecule has 0 bridgehead atoms. The second-order valence-corrected chi connectivity index (χ2v) is 4.73. The molecule has 2 nitrogen and oxygen atoms in total. The SMILES string of the molecule is C=C[N+]1([O-])CCCC(CC2CC2)C1. The summed E-state index contributed by atoms with van der Waals surface area (Å²) in [5.74, 6) is 1.64. The standard InChI is InChI=1S/C11H19NO/c1-2-12(13)7-3-4-11(9-12)8-10-5-6-10/h2,10-11H,1,3-9H2. The van der Waals surface area contributed by atoms with Crippen molar-refractivity contribution in [2.24, 2.45) is 11.8 Å². The molecule has 0 aromatic rings. The molecule has 1 saturated heterocycles. The first-order valence-corrected chi connectivity index (χ1v) is 5.43. The van der Waals surface area contributed by atoms with E-state index in [2.05, 4.69) is 6.58 Å². The van der Waals surface area contributed by atoms with Gasteiger partial charge in [0.25, 0.3) is 0 Å². The van der Waals surface area contributed by atoms with Gasteiger partial charge in [-0.3, -0.25) is 0 Å². The van der Waals surface area contributed by atoms with E-state index in [4.69, 9.17) is 0 Å². The highest BCUT2D eigenvalue weighted by atomic mass is 16.5. The largest absolute Gasteiger partial charge is 0.628 e. The fourth-order valence-corrected chi connectivity index (χ4v) is 2.45. The smallest absolute Gasteiger partial charge is 0.0885 e. The molecule has 0 amide bonds. The summed E-state index contributed by atoms with van der Waals surface area (Å²) < 4.78 is -0.141. The zero-order chi connectivity index (χ0) is 9.31. The minimum absolute atomic E-state index is 0.141. The van der Waals surface area contributed by atoms with Crippen molar-refractivity contribution in [1.29, 1.82) is 0 Å². The van der Waals surface area contributed by atoms with Crippen LogP contribution in [0.25, 0.3) is 0 Å². The number of likely N-dealkylation sites (tertiary alicyclic amines) is 1. The van der Waals surface area contributed by atoms with Crippen LogP contribution < -0.4 is 0 Å². The van der Waals surface area contributed by atoms with E-state index in [0.717, 1.165) is 25.4 Å². The highest BCUT2D eigenvalue weighted by Gasteiger charge is 2.31. The van der Waals surface area contributed by atoms with Crippen LogP contribution in [0.1, 0.15) is 32.1 Å². The van der Waals surface area contributed by atoms with E-state index in [-0.39, 0.29) is 4.65 Å². The van der Waals surface area contributed by atoms with Crippen molar-refractivity contribution in [3.05, 3.63) is 18.0 Å². The average molecular weight is 181 g/mol. The monoisotopic (exact) mass is 181 g/mol. The van der Waals surface area contributed by atoms with E-state index < -0.39 is 0 Å². The maximum absolute atomic E-state index is 11.9. The Morgan fingerprint density at radius 3 is 2.69 bits per heavy atom. The summed E-state index contributed by atoms with van der Waals surface area (Å²) in [5.41, 5.74) is 0. The van der Waals surface area contributed by atoms with Gasteiger partial charge in [0.1, 0.15) is 0 Å². The van der Waals surface area contributed by atoms with Crippen LogP contribution >= 0.6 is 0 Å². The Kier molecular flexibility index (Phi) is 2.43. The van der Waals surface area contributed by atoms with Gasteiger partial charge in [-0.05, 0) is 31.8 Å². The fraction of sp³-hybridized carbons (Fsp3) is 0.818. The van der Waals surface area contributed by atoms with Crippen LogP contribution in [0.4, 0.5) is 0 Å². The summed E-state index contributed by atoms with van der Waals surface area (Å²) in [7, 11) is 0. The molecule has 13 heavy (non-hydrogen) atoms. The number of hydrogen-bond acceptors (Lipinski definition) is 1. The van der Waals surface area contributed by atoms with Gasteiger partial charge >= 0.3 is 0 Å². The first-order chi connectivity index (χ1) is 6.22. The quantitative estimate of drug-likeness (QED) is 0.485. The Hall–Kier alpha value is -0.340. The van der Waals surface area contributed by atoms with Gasteiger partial charge in [-0.15, -0.1) is 0 Å². The topological polar surface area (TPSA) is 23.1 Å². The van der Waals surface area contributed by atoms with Crippen molar-refractivity contribution in [2.45, 2.75) is 32.1 Å². The Morgan fingerprint density at radius 1 is 1.31 bits per heavy atom. The third-order valence-corrected chi connectivity index (χ3v) is 3.41. The molecule has 1 aliphatic carbocycles. The molecular formula is C11H19NO. The lowest BCUT2D eigenvalue weighted by Gasteiger charge is -2.45. The van der Waals surface area contributed by atoms with Crippen molar-refractivity contribution in [3.63, 3.8) is 0 Å². The Balaban J connectivity index is 1.86. The van der Waals surface area contributed by atoms with Gasteiger partial charge in [-0.25, -0.2) is 0 Å². The minimum Gasteiger partial charge on any atom is -0.628 e. The van der Waals surface area contributed by atoms with Gasteiger partial charge < -0.3 is 9.85 Å². The minimum atomic E-state index is -0.141. The lowest BCUT2D eigenvalue weighted by Crippen LogP contribution is -2.44. The zero-order valence-corrected chi connectivity index (χ0v) is 8.24. The predicted molar refractivity (Wildman–Crippen MR) is 53.6 cm³/mol. The Bertz CT molecular complexity index is 200. The van der Waals surface area contributed by atoms with Crippen LogP contribution in [0.3, 0.4) is 0 Å².